The van der Waals surface area contributed by atoms with E-state index < -0.39 is 0 Å². The van der Waals surface area contributed by atoms with Crippen molar-refractivity contribution in [2.24, 2.45) is 0 Å². The highest BCUT2D eigenvalue weighted by atomic mass is 16.5. The van der Waals surface area contributed by atoms with E-state index in [1.165, 1.54) is 0 Å². The molecule has 6 heteroatoms. The number of H-pyrrole nitrogens is 1. The second-order valence-corrected chi connectivity index (χ2v) is 4.34. The first-order valence-corrected chi connectivity index (χ1v) is 5.80. The third-order valence-electron chi connectivity index (χ3n) is 3.10. The first-order chi connectivity index (χ1) is 8.66. The predicted molar refractivity (Wildman–Crippen MR) is 63.2 cm³/mol. The number of fused-ring (bicyclic) bond motifs is 1. The molecule has 18 heavy (non-hydrogen) atoms. The Morgan fingerprint density at radius 1 is 1.33 bits per heavy atom. The van der Waals surface area contributed by atoms with Crippen molar-refractivity contribution in [1.82, 2.24) is 15.1 Å². The van der Waals surface area contributed by atoms with Crippen LogP contribution < -0.4 is 5.56 Å². The van der Waals surface area contributed by atoms with Gasteiger partial charge < -0.3 is 14.2 Å². The van der Waals surface area contributed by atoms with E-state index in [9.17, 15) is 4.79 Å². The van der Waals surface area contributed by atoms with Crippen molar-refractivity contribution in [3.63, 3.8) is 0 Å². The summed E-state index contributed by atoms with van der Waals surface area (Å²) in [6, 6.07) is 0. The van der Waals surface area contributed by atoms with E-state index in [0.717, 1.165) is 17.0 Å². The van der Waals surface area contributed by atoms with Gasteiger partial charge >= 0.3 is 0 Å². The topological polar surface area (TPSA) is 81.0 Å². The van der Waals surface area contributed by atoms with Crippen LogP contribution in [-0.4, -0.2) is 21.7 Å². The van der Waals surface area contributed by atoms with E-state index in [-0.39, 0.29) is 5.56 Å². The number of aromatic nitrogens is 3. The molecule has 3 heterocycles. The van der Waals surface area contributed by atoms with E-state index >= 15 is 0 Å². The van der Waals surface area contributed by atoms with Crippen LogP contribution in [0.15, 0.2) is 9.32 Å². The Labute approximate surface area is 103 Å². The number of ether oxygens (including phenoxy) is 1. The van der Waals surface area contributed by atoms with Crippen LogP contribution in [0, 0.1) is 13.8 Å². The average Bonchev–Trinajstić information content (AvgIpc) is 2.69. The number of nitrogens with zero attached hydrogens (tertiary/aromatic N) is 2. The number of hydrogen-bond donors (Lipinski definition) is 1. The van der Waals surface area contributed by atoms with Gasteiger partial charge in [0.1, 0.15) is 11.6 Å². The molecule has 0 fully saturated rings. The standard InChI is InChI=1S/C12H13N3O3/c1-6-10(7(2)18-15-6)11-13-9-3-4-17-5-8(9)12(16)14-11/h3-5H2,1-2H3,(H,13,14,16). The van der Waals surface area contributed by atoms with Crippen LogP contribution in [0.2, 0.25) is 0 Å². The lowest BCUT2D eigenvalue weighted by Crippen LogP contribution is -2.24. The molecule has 0 spiro atoms. The third kappa shape index (κ3) is 1.65. The van der Waals surface area contributed by atoms with Crippen molar-refractivity contribution in [2.75, 3.05) is 6.61 Å². The van der Waals surface area contributed by atoms with Gasteiger partial charge in [0.2, 0.25) is 0 Å². The highest BCUT2D eigenvalue weighted by Crippen LogP contribution is 2.23. The third-order valence-corrected chi connectivity index (χ3v) is 3.10. The fraction of sp³-hybridized carbons (Fsp3) is 0.417. The van der Waals surface area contributed by atoms with Crippen LogP contribution in [0.1, 0.15) is 22.7 Å². The summed E-state index contributed by atoms with van der Waals surface area (Å²) in [7, 11) is 0. The molecule has 2 aromatic rings. The Morgan fingerprint density at radius 2 is 2.17 bits per heavy atom. The van der Waals surface area contributed by atoms with Crippen molar-refractivity contribution in [3.8, 4) is 11.4 Å². The van der Waals surface area contributed by atoms with E-state index in [4.69, 9.17) is 9.26 Å². The van der Waals surface area contributed by atoms with E-state index in [1.807, 2.05) is 6.92 Å². The highest BCUT2D eigenvalue weighted by Gasteiger charge is 2.19. The molecule has 2 aromatic heterocycles. The SMILES string of the molecule is Cc1noc(C)c1-c1nc2c(c(=O)[nH]1)COCC2. The zero-order valence-corrected chi connectivity index (χ0v) is 10.2. The molecule has 94 valence electrons. The second kappa shape index (κ2) is 4.06. The molecule has 0 saturated carbocycles. The lowest BCUT2D eigenvalue weighted by molar-refractivity contribution is 0.108. The van der Waals surface area contributed by atoms with Gasteiger partial charge in [0.05, 0.1) is 35.7 Å². The van der Waals surface area contributed by atoms with E-state index in [2.05, 4.69) is 15.1 Å². The zero-order valence-electron chi connectivity index (χ0n) is 10.2. The van der Waals surface area contributed by atoms with Gasteiger partial charge in [-0.25, -0.2) is 4.98 Å². The monoisotopic (exact) mass is 247 g/mol. The van der Waals surface area contributed by atoms with Gasteiger partial charge in [-0.3, -0.25) is 4.79 Å². The minimum absolute atomic E-state index is 0.144. The first-order valence-electron chi connectivity index (χ1n) is 5.80. The van der Waals surface area contributed by atoms with Gasteiger partial charge in [0, 0.05) is 6.42 Å². The molecule has 0 amide bonds. The van der Waals surface area contributed by atoms with Gasteiger partial charge in [0.15, 0.2) is 0 Å². The summed E-state index contributed by atoms with van der Waals surface area (Å²) in [4.78, 5) is 19.3. The van der Waals surface area contributed by atoms with Gasteiger partial charge in [-0.2, -0.15) is 0 Å². The van der Waals surface area contributed by atoms with Crippen LogP contribution in [0.3, 0.4) is 0 Å². The summed E-state index contributed by atoms with van der Waals surface area (Å²) in [6.07, 6.45) is 0.662. The molecule has 0 atom stereocenters. The molecule has 1 aliphatic heterocycles. The lowest BCUT2D eigenvalue weighted by atomic mass is 10.1. The smallest absolute Gasteiger partial charge is 0.256 e. The average molecular weight is 247 g/mol. The van der Waals surface area contributed by atoms with E-state index in [0.29, 0.717) is 36.8 Å². The van der Waals surface area contributed by atoms with Crippen LogP contribution in [0.25, 0.3) is 11.4 Å². The van der Waals surface area contributed by atoms with Crippen LogP contribution >= 0.6 is 0 Å². The largest absolute Gasteiger partial charge is 0.376 e. The van der Waals surface area contributed by atoms with Crippen molar-refractivity contribution in [3.05, 3.63) is 33.1 Å². The summed E-state index contributed by atoms with van der Waals surface area (Å²) in [5.74, 6) is 1.18. The van der Waals surface area contributed by atoms with Crippen molar-refractivity contribution in [1.29, 1.82) is 0 Å². The van der Waals surface area contributed by atoms with Gasteiger partial charge in [-0.15, -0.1) is 0 Å². The molecule has 0 radical (unpaired) electrons. The normalized spacial score (nSPS) is 14.6. The van der Waals surface area contributed by atoms with Crippen molar-refractivity contribution >= 4 is 0 Å². The van der Waals surface area contributed by atoms with Crippen LogP contribution in [0.5, 0.6) is 0 Å². The summed E-state index contributed by atoms with van der Waals surface area (Å²) < 4.78 is 10.4. The molecule has 0 aliphatic carbocycles. The Hall–Kier alpha value is -1.95. The molecular weight excluding hydrogens is 234 g/mol. The maximum Gasteiger partial charge on any atom is 0.256 e. The molecule has 1 N–H and O–H groups in total. The highest BCUT2D eigenvalue weighted by molar-refractivity contribution is 5.60. The zero-order chi connectivity index (χ0) is 12.7. The minimum Gasteiger partial charge on any atom is -0.376 e. The van der Waals surface area contributed by atoms with Crippen molar-refractivity contribution < 1.29 is 9.26 Å². The fourth-order valence-corrected chi connectivity index (χ4v) is 2.18. The van der Waals surface area contributed by atoms with Gasteiger partial charge in [-0.1, -0.05) is 5.16 Å². The quantitative estimate of drug-likeness (QED) is 0.816. The minimum atomic E-state index is -0.144. The predicted octanol–water partition coefficient (Wildman–Crippen LogP) is 1.11. The number of nitrogens with one attached hydrogen (secondary N) is 1. The van der Waals surface area contributed by atoms with Crippen LogP contribution in [-0.2, 0) is 17.8 Å². The molecule has 6 nitrogen and oxygen atoms in total. The summed E-state index contributed by atoms with van der Waals surface area (Å²) in [5.41, 5.74) is 2.77. The lowest BCUT2D eigenvalue weighted by Gasteiger charge is -2.15. The Bertz CT molecular complexity index is 638. The maximum atomic E-state index is 12.0. The Morgan fingerprint density at radius 3 is 2.89 bits per heavy atom. The molecule has 3 rings (SSSR count). The van der Waals surface area contributed by atoms with Gasteiger partial charge in [-0.05, 0) is 13.8 Å². The van der Waals surface area contributed by atoms with E-state index in [1.54, 1.807) is 6.92 Å². The Kier molecular flexibility index (Phi) is 2.52. The molecule has 1 aliphatic rings. The molecular formula is C12H13N3O3. The second-order valence-electron chi connectivity index (χ2n) is 4.34. The molecule has 0 aromatic carbocycles. The molecule has 0 saturated heterocycles. The number of hydrogen-bond acceptors (Lipinski definition) is 5. The number of rotatable bonds is 1. The molecule has 0 bridgehead atoms. The number of aryl methyl sites for hydroxylation is 2. The molecule has 0 unspecified atom stereocenters. The van der Waals surface area contributed by atoms with Crippen LogP contribution in [0.4, 0.5) is 0 Å². The summed E-state index contributed by atoms with van der Waals surface area (Å²) in [5, 5.41) is 3.87. The Balaban J connectivity index is 2.20. The maximum absolute atomic E-state index is 12.0. The fourth-order valence-electron chi connectivity index (χ4n) is 2.18. The number of aromatic amines is 1. The van der Waals surface area contributed by atoms with Crippen molar-refractivity contribution in [2.45, 2.75) is 26.9 Å². The summed E-state index contributed by atoms with van der Waals surface area (Å²) >= 11 is 0. The van der Waals surface area contributed by atoms with Gasteiger partial charge in [0.25, 0.3) is 5.56 Å². The summed E-state index contributed by atoms with van der Waals surface area (Å²) in [6.45, 7) is 4.57. The first kappa shape index (κ1) is 11.2.